The second-order valence-corrected chi connectivity index (χ2v) is 12.5. The lowest BCUT2D eigenvalue weighted by atomic mass is 9.74. The number of para-hydroxylation sites is 1. The molecule has 11 heteroatoms. The summed E-state index contributed by atoms with van der Waals surface area (Å²) in [5.41, 5.74) is 7.16. The van der Waals surface area contributed by atoms with Gasteiger partial charge in [-0.1, -0.05) is 48.5 Å². The molecular formula is C27H37ClN4O5S. The van der Waals surface area contributed by atoms with E-state index in [1.165, 1.54) is 10.6 Å². The van der Waals surface area contributed by atoms with Crippen LogP contribution < -0.4 is 15.4 Å². The predicted molar refractivity (Wildman–Crippen MR) is 150 cm³/mol. The minimum atomic E-state index is -3.42. The average molecular weight is 565 g/mol. The van der Waals surface area contributed by atoms with Gasteiger partial charge in [-0.25, -0.2) is 8.42 Å². The number of nitrogens with two attached hydrogens (primary N) is 1. The molecule has 0 radical (unpaired) electrons. The van der Waals surface area contributed by atoms with Gasteiger partial charge in [-0.05, 0) is 43.9 Å². The molecule has 2 aromatic carbocycles. The van der Waals surface area contributed by atoms with Crippen molar-refractivity contribution < 1.29 is 22.7 Å². The van der Waals surface area contributed by atoms with Crippen molar-refractivity contribution >= 4 is 39.9 Å². The maximum absolute atomic E-state index is 13.6. The van der Waals surface area contributed by atoms with Gasteiger partial charge in [-0.15, -0.1) is 12.4 Å². The molecule has 3 N–H and O–H groups in total. The summed E-state index contributed by atoms with van der Waals surface area (Å²) in [5, 5.41) is 2.78. The maximum Gasteiger partial charge on any atom is 0.247 e. The number of halogens is 1. The zero-order valence-electron chi connectivity index (χ0n) is 22.1. The molecule has 1 unspecified atom stereocenters. The van der Waals surface area contributed by atoms with Crippen LogP contribution in [0.2, 0.25) is 0 Å². The highest BCUT2D eigenvalue weighted by atomic mass is 35.5. The monoisotopic (exact) mass is 564 g/mol. The Labute approximate surface area is 231 Å². The summed E-state index contributed by atoms with van der Waals surface area (Å²) in [6, 6.07) is 16.3. The van der Waals surface area contributed by atoms with Crippen LogP contribution in [0.5, 0.6) is 0 Å². The van der Waals surface area contributed by atoms with E-state index in [4.69, 9.17) is 10.5 Å². The molecule has 1 atom stereocenters. The molecule has 9 nitrogen and oxygen atoms in total. The Kier molecular flexibility index (Phi) is 9.13. The number of likely N-dealkylation sites (tertiary alicyclic amines) is 1. The van der Waals surface area contributed by atoms with Crippen molar-refractivity contribution in [2.24, 2.45) is 5.73 Å². The molecule has 2 amide bonds. The molecule has 2 aliphatic heterocycles. The number of amides is 2. The molecule has 4 rings (SSSR count). The fourth-order valence-corrected chi connectivity index (χ4v) is 6.07. The largest absolute Gasteiger partial charge is 0.374 e. The second-order valence-electron chi connectivity index (χ2n) is 10.6. The maximum atomic E-state index is 13.6. The molecule has 2 aromatic rings. The van der Waals surface area contributed by atoms with Crippen LogP contribution in [-0.2, 0) is 36.4 Å². The molecule has 0 aromatic heterocycles. The summed E-state index contributed by atoms with van der Waals surface area (Å²) in [7, 11) is -3.42. The normalized spacial score (nSPS) is 17.5. The van der Waals surface area contributed by atoms with Crippen molar-refractivity contribution in [2.45, 2.75) is 50.3 Å². The molecule has 1 fully saturated rings. The van der Waals surface area contributed by atoms with Gasteiger partial charge < -0.3 is 20.7 Å². The molecular weight excluding hydrogens is 528 g/mol. The number of piperidine rings is 1. The minimum Gasteiger partial charge on any atom is -0.374 e. The summed E-state index contributed by atoms with van der Waals surface area (Å²) in [6.45, 7) is 4.77. The lowest BCUT2D eigenvalue weighted by molar-refractivity contribution is -0.140. The molecule has 2 aliphatic rings. The number of fused-ring (bicyclic) bond motifs is 2. The van der Waals surface area contributed by atoms with Crippen LogP contribution in [0.4, 0.5) is 5.69 Å². The molecule has 208 valence electrons. The number of sulfonamides is 1. The van der Waals surface area contributed by atoms with E-state index in [0.29, 0.717) is 39.1 Å². The second kappa shape index (κ2) is 11.6. The van der Waals surface area contributed by atoms with Crippen LogP contribution in [0.25, 0.3) is 0 Å². The number of anilines is 1. The fourth-order valence-electron chi connectivity index (χ4n) is 5.07. The number of rotatable bonds is 8. The Balaban J connectivity index is 0.00000400. The van der Waals surface area contributed by atoms with Gasteiger partial charge in [-0.3, -0.25) is 13.9 Å². The van der Waals surface area contributed by atoms with Gasteiger partial charge in [0.25, 0.3) is 0 Å². The number of nitrogens with one attached hydrogen (secondary N) is 1. The van der Waals surface area contributed by atoms with Gasteiger partial charge in [0, 0.05) is 25.0 Å². The van der Waals surface area contributed by atoms with Crippen LogP contribution >= 0.6 is 12.4 Å². The van der Waals surface area contributed by atoms with Crippen LogP contribution in [0.15, 0.2) is 54.6 Å². The third-order valence-electron chi connectivity index (χ3n) is 7.21. The number of carbonyl (C=O) groups excluding carboxylic acids is 2. The Hall–Kier alpha value is -2.66. The smallest absolute Gasteiger partial charge is 0.247 e. The third-order valence-corrected chi connectivity index (χ3v) is 8.33. The first-order valence-corrected chi connectivity index (χ1v) is 14.3. The molecule has 1 spiro atoms. The van der Waals surface area contributed by atoms with Crippen molar-refractivity contribution in [2.75, 3.05) is 36.8 Å². The number of hydrogen-bond acceptors (Lipinski definition) is 6. The molecule has 0 saturated carbocycles. The van der Waals surface area contributed by atoms with E-state index in [2.05, 4.69) is 5.32 Å². The lowest BCUT2D eigenvalue weighted by Crippen LogP contribution is -2.59. The van der Waals surface area contributed by atoms with Crippen LogP contribution in [-0.4, -0.2) is 69.2 Å². The zero-order chi connectivity index (χ0) is 26.8. The van der Waals surface area contributed by atoms with E-state index in [-0.39, 0.29) is 30.3 Å². The zero-order valence-corrected chi connectivity index (χ0v) is 23.7. The average Bonchev–Trinajstić information content (AvgIpc) is 3.18. The molecule has 38 heavy (non-hydrogen) atoms. The number of ether oxygens (including phenoxy) is 1. The van der Waals surface area contributed by atoms with E-state index in [1.54, 1.807) is 18.7 Å². The lowest BCUT2D eigenvalue weighted by Gasteiger charge is -2.41. The van der Waals surface area contributed by atoms with E-state index >= 15 is 0 Å². The van der Waals surface area contributed by atoms with Gasteiger partial charge in [0.2, 0.25) is 21.8 Å². The molecule has 0 bridgehead atoms. The minimum absolute atomic E-state index is 0. The number of hydrogen-bond donors (Lipinski definition) is 2. The molecule has 0 aliphatic carbocycles. The molecule has 1 saturated heterocycles. The van der Waals surface area contributed by atoms with Crippen LogP contribution in [0.3, 0.4) is 0 Å². The van der Waals surface area contributed by atoms with Gasteiger partial charge in [0.05, 0.1) is 30.7 Å². The topological polar surface area (TPSA) is 122 Å². The Morgan fingerprint density at radius 1 is 1.08 bits per heavy atom. The summed E-state index contributed by atoms with van der Waals surface area (Å²) < 4.78 is 32.2. The first-order valence-electron chi connectivity index (χ1n) is 12.5. The van der Waals surface area contributed by atoms with E-state index in [0.717, 1.165) is 16.8 Å². The van der Waals surface area contributed by atoms with Gasteiger partial charge in [0.15, 0.2) is 0 Å². The summed E-state index contributed by atoms with van der Waals surface area (Å²) in [4.78, 5) is 27.9. The van der Waals surface area contributed by atoms with E-state index in [9.17, 15) is 18.0 Å². The van der Waals surface area contributed by atoms with Crippen LogP contribution in [0, 0.1) is 0 Å². The quantitative estimate of drug-likeness (QED) is 0.507. The van der Waals surface area contributed by atoms with Crippen molar-refractivity contribution in [1.82, 2.24) is 10.2 Å². The van der Waals surface area contributed by atoms with Gasteiger partial charge in [0.1, 0.15) is 6.04 Å². The van der Waals surface area contributed by atoms with E-state index < -0.39 is 27.5 Å². The van der Waals surface area contributed by atoms with Gasteiger partial charge >= 0.3 is 0 Å². The third kappa shape index (κ3) is 6.48. The van der Waals surface area contributed by atoms with Crippen LogP contribution in [0.1, 0.15) is 37.8 Å². The van der Waals surface area contributed by atoms with E-state index in [1.807, 2.05) is 54.6 Å². The first kappa shape index (κ1) is 29.9. The Morgan fingerprint density at radius 2 is 1.68 bits per heavy atom. The predicted octanol–water partition coefficient (Wildman–Crippen LogP) is 2.19. The van der Waals surface area contributed by atoms with Crippen molar-refractivity contribution in [3.05, 3.63) is 65.7 Å². The Morgan fingerprint density at radius 3 is 2.29 bits per heavy atom. The first-order chi connectivity index (χ1) is 17.4. The number of nitrogens with zero attached hydrogens (tertiary/aromatic N) is 2. The highest BCUT2D eigenvalue weighted by molar-refractivity contribution is 7.92. The standard InChI is InChI=1S/C27H36N4O5S.ClH/c1-26(2,28)25(33)29-22(18-36-17-20-9-5-4-6-10-20)24(32)30-15-13-27(14-16-30)19-31(37(3,34)35)23-12-8-7-11-21(23)27;/h4-12,22H,13-19,28H2,1-3H3,(H,29,33);1H. The van der Waals surface area contributed by atoms with Crippen molar-refractivity contribution in [1.29, 1.82) is 0 Å². The highest BCUT2D eigenvalue weighted by Gasteiger charge is 2.48. The number of carbonyl (C=O) groups is 2. The van der Waals surface area contributed by atoms with Gasteiger partial charge in [-0.2, -0.15) is 0 Å². The van der Waals surface area contributed by atoms with Crippen molar-refractivity contribution in [3.63, 3.8) is 0 Å². The Bertz CT molecular complexity index is 1240. The fraction of sp³-hybridized carbons (Fsp3) is 0.481. The summed E-state index contributed by atoms with van der Waals surface area (Å²) in [5.74, 6) is -0.664. The molecule has 2 heterocycles. The highest BCUT2D eigenvalue weighted by Crippen LogP contribution is 2.47. The SMILES string of the molecule is CC(C)(N)C(=O)NC(COCc1ccccc1)C(=O)N1CCC2(CC1)CN(S(C)(=O)=O)c1ccccc12.Cl. The summed E-state index contributed by atoms with van der Waals surface area (Å²) >= 11 is 0. The summed E-state index contributed by atoms with van der Waals surface area (Å²) in [6.07, 6.45) is 2.47. The number of benzene rings is 2. The van der Waals surface area contributed by atoms with Crippen molar-refractivity contribution in [3.8, 4) is 0 Å².